The number of nitrogens with zero attached hydrogens (tertiary/aromatic N) is 2. The summed E-state index contributed by atoms with van der Waals surface area (Å²) in [7, 11) is 0. The molecule has 0 unspecified atom stereocenters. The van der Waals surface area contributed by atoms with Crippen LogP contribution in [0.3, 0.4) is 0 Å². The van der Waals surface area contributed by atoms with Gasteiger partial charge in [-0.15, -0.1) is 0 Å². The van der Waals surface area contributed by atoms with Crippen molar-refractivity contribution in [3.05, 3.63) is 52.3 Å². The number of amides is 2. The van der Waals surface area contributed by atoms with Crippen LogP contribution in [0.25, 0.3) is 11.1 Å². The van der Waals surface area contributed by atoms with E-state index < -0.39 is 5.91 Å². The third kappa shape index (κ3) is 3.85. The highest BCUT2D eigenvalue weighted by Gasteiger charge is 2.25. The Labute approximate surface area is 173 Å². The minimum Gasteiger partial charge on any atom is -0.442 e. The van der Waals surface area contributed by atoms with Gasteiger partial charge in [-0.05, 0) is 44.0 Å². The number of fused-ring (bicyclic) bond motifs is 1. The zero-order valence-corrected chi connectivity index (χ0v) is 17.0. The maximum absolute atomic E-state index is 13.2. The van der Waals surface area contributed by atoms with Crippen molar-refractivity contribution in [1.82, 2.24) is 9.55 Å². The number of rotatable bonds is 4. The number of nitrogens with one attached hydrogen (secondary N) is 2. The molecule has 2 aromatic heterocycles. The van der Waals surface area contributed by atoms with Crippen LogP contribution >= 0.6 is 0 Å². The highest BCUT2D eigenvalue weighted by atomic mass is 16.3. The summed E-state index contributed by atoms with van der Waals surface area (Å²) in [6, 6.07) is 6.85. The van der Waals surface area contributed by atoms with Crippen molar-refractivity contribution >= 4 is 34.3 Å². The molecule has 30 heavy (non-hydrogen) atoms. The molecule has 0 saturated heterocycles. The Morgan fingerprint density at radius 2 is 1.70 bits per heavy atom. The predicted molar refractivity (Wildman–Crippen MR) is 114 cm³/mol. The standard InChI is InChI=1S/C22H24N4O4/c1-13-18(20(28)25-16-10-8-15(9-11-16)24-14(2)27)19-21(30-13)23-12-26(22(19)29)17-6-4-3-5-7-17/h8-12,17H,3-7H2,1-2H3,(H,24,27)(H,25,28). The Morgan fingerprint density at radius 3 is 2.33 bits per heavy atom. The summed E-state index contributed by atoms with van der Waals surface area (Å²) in [5, 5.41) is 5.68. The minimum atomic E-state index is -0.432. The molecule has 1 saturated carbocycles. The first-order valence-electron chi connectivity index (χ1n) is 10.1. The first kappa shape index (κ1) is 19.9. The van der Waals surface area contributed by atoms with Crippen molar-refractivity contribution in [2.24, 2.45) is 0 Å². The number of carbonyl (C=O) groups is 2. The fourth-order valence-electron chi connectivity index (χ4n) is 4.04. The Morgan fingerprint density at radius 1 is 1.07 bits per heavy atom. The van der Waals surface area contributed by atoms with Gasteiger partial charge in [0.25, 0.3) is 11.5 Å². The number of benzene rings is 1. The molecule has 2 amide bonds. The van der Waals surface area contributed by atoms with Gasteiger partial charge in [-0.2, -0.15) is 0 Å². The molecule has 0 atom stereocenters. The number of anilines is 2. The van der Waals surface area contributed by atoms with E-state index in [0.717, 1.165) is 25.7 Å². The van der Waals surface area contributed by atoms with Crippen LogP contribution in [0.1, 0.15) is 61.2 Å². The van der Waals surface area contributed by atoms with E-state index in [-0.39, 0.29) is 34.2 Å². The van der Waals surface area contributed by atoms with Gasteiger partial charge in [-0.3, -0.25) is 19.0 Å². The lowest BCUT2D eigenvalue weighted by atomic mass is 9.95. The Bertz CT molecular complexity index is 1150. The van der Waals surface area contributed by atoms with Crippen molar-refractivity contribution in [2.45, 2.75) is 52.0 Å². The minimum absolute atomic E-state index is 0.107. The molecule has 4 rings (SSSR count). The largest absolute Gasteiger partial charge is 0.442 e. The number of hydrogen-bond donors (Lipinski definition) is 2. The third-order valence-corrected chi connectivity index (χ3v) is 5.47. The highest BCUT2D eigenvalue weighted by molar-refractivity contribution is 6.12. The zero-order valence-electron chi connectivity index (χ0n) is 17.0. The van der Waals surface area contributed by atoms with E-state index in [0.29, 0.717) is 17.1 Å². The lowest BCUT2D eigenvalue weighted by Crippen LogP contribution is -2.27. The second-order valence-electron chi connectivity index (χ2n) is 7.67. The molecule has 8 heteroatoms. The molecule has 1 aliphatic rings. The Hall–Kier alpha value is -3.42. The van der Waals surface area contributed by atoms with Gasteiger partial charge in [-0.1, -0.05) is 19.3 Å². The molecule has 0 radical (unpaired) electrons. The van der Waals surface area contributed by atoms with Gasteiger partial charge in [0.2, 0.25) is 11.6 Å². The molecule has 2 heterocycles. The summed E-state index contributed by atoms with van der Waals surface area (Å²) in [4.78, 5) is 41.6. The van der Waals surface area contributed by atoms with Gasteiger partial charge in [0.1, 0.15) is 17.5 Å². The monoisotopic (exact) mass is 408 g/mol. The van der Waals surface area contributed by atoms with Gasteiger partial charge in [0.05, 0.1) is 5.56 Å². The summed E-state index contributed by atoms with van der Waals surface area (Å²) in [5.74, 6) is -0.254. The summed E-state index contributed by atoms with van der Waals surface area (Å²) in [5.41, 5.74) is 1.31. The van der Waals surface area contributed by atoms with Crippen molar-refractivity contribution < 1.29 is 14.0 Å². The van der Waals surface area contributed by atoms with Crippen LogP contribution in [-0.2, 0) is 4.79 Å². The average Bonchev–Trinajstić information content (AvgIpc) is 3.07. The topological polar surface area (TPSA) is 106 Å². The molecule has 3 aromatic rings. The number of furan rings is 1. The fraction of sp³-hybridized carbons (Fsp3) is 0.364. The van der Waals surface area contributed by atoms with Crippen molar-refractivity contribution in [3.8, 4) is 0 Å². The molecule has 0 bridgehead atoms. The number of carbonyl (C=O) groups excluding carboxylic acids is 2. The maximum atomic E-state index is 13.2. The van der Waals surface area contributed by atoms with E-state index in [1.807, 2.05) is 0 Å². The van der Waals surface area contributed by atoms with Crippen molar-refractivity contribution in [1.29, 1.82) is 0 Å². The average molecular weight is 408 g/mol. The van der Waals surface area contributed by atoms with Gasteiger partial charge in [0, 0.05) is 24.3 Å². The molecule has 1 aliphatic carbocycles. The SMILES string of the molecule is CC(=O)Nc1ccc(NC(=O)c2c(C)oc3ncn(C4CCCCC4)c(=O)c23)cc1. The molecule has 156 valence electrons. The molecule has 8 nitrogen and oxygen atoms in total. The zero-order chi connectivity index (χ0) is 21.3. The van der Waals surface area contributed by atoms with Gasteiger partial charge < -0.3 is 15.1 Å². The van der Waals surface area contributed by atoms with E-state index in [4.69, 9.17) is 4.42 Å². The molecule has 1 aromatic carbocycles. The van der Waals surface area contributed by atoms with Gasteiger partial charge in [0.15, 0.2) is 0 Å². The number of aryl methyl sites for hydroxylation is 1. The molecule has 2 N–H and O–H groups in total. The predicted octanol–water partition coefficient (Wildman–Crippen LogP) is 4.01. The summed E-state index contributed by atoms with van der Waals surface area (Å²) in [6.07, 6.45) is 6.76. The van der Waals surface area contributed by atoms with Crippen LogP contribution < -0.4 is 16.2 Å². The van der Waals surface area contributed by atoms with Crippen molar-refractivity contribution in [3.63, 3.8) is 0 Å². The fourth-order valence-corrected chi connectivity index (χ4v) is 4.04. The first-order valence-corrected chi connectivity index (χ1v) is 10.1. The number of aromatic nitrogens is 2. The smallest absolute Gasteiger partial charge is 0.265 e. The van der Waals surface area contributed by atoms with E-state index in [1.165, 1.54) is 19.7 Å². The van der Waals surface area contributed by atoms with Crippen LogP contribution in [0.2, 0.25) is 0 Å². The van der Waals surface area contributed by atoms with Crippen LogP contribution in [0, 0.1) is 6.92 Å². The molecule has 0 spiro atoms. The summed E-state index contributed by atoms with van der Waals surface area (Å²) < 4.78 is 7.26. The molecular formula is C22H24N4O4. The Kier molecular flexibility index (Phi) is 5.39. The van der Waals surface area contributed by atoms with Crippen molar-refractivity contribution in [2.75, 3.05) is 10.6 Å². The molecule has 1 fully saturated rings. The molecular weight excluding hydrogens is 384 g/mol. The molecule has 0 aliphatic heterocycles. The maximum Gasteiger partial charge on any atom is 0.265 e. The normalized spacial score (nSPS) is 14.6. The van der Waals surface area contributed by atoms with Crippen LogP contribution in [0.15, 0.2) is 39.8 Å². The third-order valence-electron chi connectivity index (χ3n) is 5.47. The second-order valence-corrected chi connectivity index (χ2v) is 7.67. The first-order chi connectivity index (χ1) is 14.4. The van der Waals surface area contributed by atoms with Crippen LogP contribution in [0.4, 0.5) is 11.4 Å². The lowest BCUT2D eigenvalue weighted by Gasteiger charge is -2.23. The van der Waals surface area contributed by atoms with E-state index >= 15 is 0 Å². The van der Waals surface area contributed by atoms with Crippen LogP contribution in [-0.4, -0.2) is 21.4 Å². The van der Waals surface area contributed by atoms with E-state index in [9.17, 15) is 14.4 Å². The quantitative estimate of drug-likeness (QED) is 0.678. The summed E-state index contributed by atoms with van der Waals surface area (Å²) >= 11 is 0. The highest BCUT2D eigenvalue weighted by Crippen LogP contribution is 2.28. The second kappa shape index (κ2) is 8.14. The Balaban J connectivity index is 1.65. The lowest BCUT2D eigenvalue weighted by molar-refractivity contribution is -0.114. The van der Waals surface area contributed by atoms with Gasteiger partial charge in [-0.25, -0.2) is 4.98 Å². The number of hydrogen-bond acceptors (Lipinski definition) is 5. The summed E-state index contributed by atoms with van der Waals surface area (Å²) in [6.45, 7) is 3.08. The van der Waals surface area contributed by atoms with E-state index in [2.05, 4.69) is 15.6 Å². The van der Waals surface area contributed by atoms with Crippen LogP contribution in [0.5, 0.6) is 0 Å². The van der Waals surface area contributed by atoms with Gasteiger partial charge >= 0.3 is 0 Å². The van der Waals surface area contributed by atoms with E-state index in [1.54, 1.807) is 35.8 Å².